The Balaban J connectivity index is 2.61. The Morgan fingerprint density at radius 2 is 2.11 bits per heavy atom. The van der Waals surface area contributed by atoms with Gasteiger partial charge in [0.1, 0.15) is 5.75 Å². The van der Waals surface area contributed by atoms with Crippen LogP contribution in [0.1, 0.15) is 0 Å². The fourth-order valence-corrected chi connectivity index (χ4v) is 1.34. The Morgan fingerprint density at radius 3 is 2.72 bits per heavy atom. The Morgan fingerprint density at radius 1 is 1.39 bits per heavy atom. The zero-order chi connectivity index (χ0) is 13.5. The number of rotatable bonds is 5. The zero-order valence-electron chi connectivity index (χ0n) is 9.83. The number of ether oxygens (including phenoxy) is 1. The van der Waals surface area contributed by atoms with Crippen LogP contribution in [-0.2, 0) is 9.59 Å². The predicted molar refractivity (Wildman–Crippen MR) is 68.7 cm³/mol. The molecule has 0 aliphatic rings. The molecule has 0 aliphatic heterocycles. The van der Waals surface area contributed by atoms with Crippen molar-refractivity contribution in [2.45, 2.75) is 0 Å². The van der Waals surface area contributed by atoms with E-state index in [-0.39, 0.29) is 13.1 Å². The predicted octanol–water partition coefficient (Wildman–Crippen LogP) is 0.362. The number of nitrogens with two attached hydrogens (primary N) is 1. The van der Waals surface area contributed by atoms with Gasteiger partial charge in [-0.2, -0.15) is 0 Å². The molecule has 7 heteroatoms. The van der Waals surface area contributed by atoms with E-state index in [0.717, 1.165) is 0 Å². The number of hydrogen-bond acceptors (Lipinski definition) is 4. The number of methoxy groups -OCH3 is 1. The number of carbonyl (C=O) groups is 2. The summed E-state index contributed by atoms with van der Waals surface area (Å²) < 4.78 is 5.01. The van der Waals surface area contributed by atoms with Crippen LogP contribution >= 0.6 is 11.6 Å². The summed E-state index contributed by atoms with van der Waals surface area (Å²) in [6, 6.07) is 4.87. The lowest BCUT2D eigenvalue weighted by Gasteiger charge is -2.09. The van der Waals surface area contributed by atoms with Gasteiger partial charge in [0.25, 0.3) is 0 Å². The van der Waals surface area contributed by atoms with Crippen LogP contribution < -0.4 is 21.1 Å². The summed E-state index contributed by atoms with van der Waals surface area (Å²) in [5.41, 5.74) is 5.51. The number of nitrogens with one attached hydrogen (secondary N) is 2. The van der Waals surface area contributed by atoms with Crippen molar-refractivity contribution in [2.24, 2.45) is 5.73 Å². The molecule has 0 atom stereocenters. The van der Waals surface area contributed by atoms with E-state index in [2.05, 4.69) is 10.6 Å². The summed E-state index contributed by atoms with van der Waals surface area (Å²) in [5, 5.41) is 5.29. The molecule has 4 N–H and O–H groups in total. The molecule has 0 aliphatic carbocycles. The summed E-state index contributed by atoms with van der Waals surface area (Å²) in [5.74, 6) is -0.227. The molecule has 18 heavy (non-hydrogen) atoms. The fraction of sp³-hybridized carbons (Fsp3) is 0.273. The number of amides is 2. The summed E-state index contributed by atoms with van der Waals surface area (Å²) in [4.78, 5) is 22.4. The molecule has 6 nitrogen and oxygen atoms in total. The van der Waals surface area contributed by atoms with Gasteiger partial charge in [0.2, 0.25) is 11.8 Å². The fourth-order valence-electron chi connectivity index (χ4n) is 1.17. The maximum atomic E-state index is 11.5. The van der Waals surface area contributed by atoms with E-state index in [1.54, 1.807) is 18.2 Å². The summed E-state index contributed by atoms with van der Waals surface area (Å²) in [6.45, 7) is -0.323. The summed E-state index contributed by atoms with van der Waals surface area (Å²) >= 11 is 5.91. The van der Waals surface area contributed by atoms with Crippen LogP contribution in [0.4, 0.5) is 5.69 Å². The molecule has 2 amide bonds. The van der Waals surface area contributed by atoms with Gasteiger partial charge in [-0.25, -0.2) is 0 Å². The molecular weight excluding hydrogens is 258 g/mol. The van der Waals surface area contributed by atoms with Crippen molar-refractivity contribution < 1.29 is 14.3 Å². The summed E-state index contributed by atoms with van der Waals surface area (Å²) in [7, 11) is 1.51. The van der Waals surface area contributed by atoms with Crippen molar-refractivity contribution in [2.75, 3.05) is 25.5 Å². The van der Waals surface area contributed by atoms with E-state index in [1.165, 1.54) is 7.11 Å². The molecule has 0 unspecified atom stereocenters. The standard InChI is InChI=1S/C11H14ClN3O3/c1-18-7-2-3-8(12)9(4-7)15-11(17)6-14-10(16)5-13/h2-4H,5-6,13H2,1H3,(H,14,16)(H,15,17). The molecule has 98 valence electrons. The van der Waals surface area contributed by atoms with Crippen molar-refractivity contribution in [1.29, 1.82) is 0 Å². The van der Waals surface area contributed by atoms with Crippen LogP contribution in [0.3, 0.4) is 0 Å². The second-order valence-corrected chi connectivity index (χ2v) is 3.78. The van der Waals surface area contributed by atoms with Gasteiger partial charge in [0.05, 0.1) is 30.9 Å². The summed E-state index contributed by atoms with van der Waals surface area (Å²) in [6.07, 6.45) is 0. The van der Waals surface area contributed by atoms with Gasteiger partial charge >= 0.3 is 0 Å². The van der Waals surface area contributed by atoms with E-state index >= 15 is 0 Å². The minimum Gasteiger partial charge on any atom is -0.497 e. The Labute approximate surface area is 109 Å². The molecule has 0 saturated carbocycles. The van der Waals surface area contributed by atoms with Crippen molar-refractivity contribution >= 4 is 29.1 Å². The molecule has 0 aromatic heterocycles. The second kappa shape index (κ2) is 6.83. The van der Waals surface area contributed by atoms with Gasteiger partial charge in [-0.3, -0.25) is 9.59 Å². The highest BCUT2D eigenvalue weighted by atomic mass is 35.5. The monoisotopic (exact) mass is 271 g/mol. The van der Waals surface area contributed by atoms with Crippen LogP contribution in [-0.4, -0.2) is 32.0 Å². The highest BCUT2D eigenvalue weighted by molar-refractivity contribution is 6.33. The lowest BCUT2D eigenvalue weighted by Crippen LogP contribution is -2.36. The molecule has 0 fully saturated rings. The number of benzene rings is 1. The van der Waals surface area contributed by atoms with Gasteiger partial charge < -0.3 is 21.1 Å². The largest absolute Gasteiger partial charge is 0.497 e. The zero-order valence-corrected chi connectivity index (χ0v) is 10.6. The van der Waals surface area contributed by atoms with Crippen LogP contribution in [0, 0.1) is 0 Å². The first kappa shape index (κ1) is 14.3. The maximum Gasteiger partial charge on any atom is 0.243 e. The van der Waals surface area contributed by atoms with E-state index in [1.807, 2.05) is 0 Å². The third-order valence-electron chi connectivity index (χ3n) is 2.08. The van der Waals surface area contributed by atoms with Gasteiger partial charge in [0, 0.05) is 6.07 Å². The third kappa shape index (κ3) is 4.23. The smallest absolute Gasteiger partial charge is 0.243 e. The first-order valence-electron chi connectivity index (χ1n) is 5.17. The van der Waals surface area contributed by atoms with Crippen LogP contribution in [0.5, 0.6) is 5.75 Å². The molecule has 0 heterocycles. The number of hydrogen-bond donors (Lipinski definition) is 3. The average Bonchev–Trinajstić information content (AvgIpc) is 2.38. The normalized spacial score (nSPS) is 9.72. The van der Waals surface area contributed by atoms with E-state index in [9.17, 15) is 9.59 Å². The Hall–Kier alpha value is -1.79. The Bertz CT molecular complexity index is 451. The highest BCUT2D eigenvalue weighted by Crippen LogP contribution is 2.26. The number of carbonyl (C=O) groups excluding carboxylic acids is 2. The lowest BCUT2D eigenvalue weighted by molar-refractivity contribution is -0.123. The molecule has 1 rings (SSSR count). The van der Waals surface area contributed by atoms with E-state index in [4.69, 9.17) is 22.1 Å². The van der Waals surface area contributed by atoms with Gasteiger partial charge in [0.15, 0.2) is 0 Å². The highest BCUT2D eigenvalue weighted by Gasteiger charge is 2.08. The van der Waals surface area contributed by atoms with Crippen molar-refractivity contribution in [3.63, 3.8) is 0 Å². The molecule has 0 spiro atoms. The third-order valence-corrected chi connectivity index (χ3v) is 2.41. The van der Waals surface area contributed by atoms with Crippen LogP contribution in [0.15, 0.2) is 18.2 Å². The molecule has 0 saturated heterocycles. The van der Waals surface area contributed by atoms with E-state index < -0.39 is 11.8 Å². The molecule has 0 bridgehead atoms. The minimum absolute atomic E-state index is 0.160. The van der Waals surface area contributed by atoms with Gasteiger partial charge in [-0.1, -0.05) is 11.6 Å². The molecule has 1 aromatic rings. The van der Waals surface area contributed by atoms with Gasteiger partial charge in [-0.15, -0.1) is 0 Å². The van der Waals surface area contributed by atoms with E-state index in [0.29, 0.717) is 16.5 Å². The number of anilines is 1. The van der Waals surface area contributed by atoms with Crippen LogP contribution in [0.25, 0.3) is 0 Å². The SMILES string of the molecule is COc1ccc(Cl)c(NC(=O)CNC(=O)CN)c1. The van der Waals surface area contributed by atoms with Crippen molar-refractivity contribution in [3.05, 3.63) is 23.2 Å². The molecular formula is C11H14ClN3O3. The topological polar surface area (TPSA) is 93.5 Å². The second-order valence-electron chi connectivity index (χ2n) is 3.37. The van der Waals surface area contributed by atoms with Crippen molar-refractivity contribution in [1.82, 2.24) is 5.32 Å². The molecule has 1 aromatic carbocycles. The first-order valence-corrected chi connectivity index (χ1v) is 5.54. The first-order chi connectivity index (χ1) is 8.56. The average molecular weight is 272 g/mol. The quantitative estimate of drug-likeness (QED) is 0.721. The number of halogens is 1. The van der Waals surface area contributed by atoms with Gasteiger partial charge in [-0.05, 0) is 12.1 Å². The van der Waals surface area contributed by atoms with Crippen LogP contribution in [0.2, 0.25) is 5.02 Å². The Kier molecular flexibility index (Phi) is 5.41. The minimum atomic E-state index is -0.401. The maximum absolute atomic E-state index is 11.5. The lowest BCUT2D eigenvalue weighted by atomic mass is 10.3. The van der Waals surface area contributed by atoms with Crippen molar-refractivity contribution in [3.8, 4) is 5.75 Å². The molecule has 0 radical (unpaired) electrons.